The van der Waals surface area contributed by atoms with Crippen molar-refractivity contribution in [2.45, 2.75) is 64.8 Å². The summed E-state index contributed by atoms with van der Waals surface area (Å²) in [6.45, 7) is 10.2. The van der Waals surface area contributed by atoms with Crippen molar-refractivity contribution in [1.82, 2.24) is 34.8 Å². The second-order valence-corrected chi connectivity index (χ2v) is 12.5. The fourth-order valence-electron chi connectivity index (χ4n) is 7.11. The summed E-state index contributed by atoms with van der Waals surface area (Å²) in [6, 6.07) is 4.92. The zero-order valence-electron chi connectivity index (χ0n) is 23.3. The Balaban J connectivity index is 1.11. The van der Waals surface area contributed by atoms with Crippen LogP contribution >= 0.6 is 0 Å². The minimum absolute atomic E-state index is 0.197. The second kappa shape index (κ2) is 9.57. The highest BCUT2D eigenvalue weighted by molar-refractivity contribution is 5.84. The minimum Gasteiger partial charge on any atom is -0.433 e. The Labute approximate surface area is 233 Å². The molecule has 4 aliphatic rings. The Kier molecular flexibility index (Phi) is 6.10. The first kappa shape index (κ1) is 25.5. The number of rotatable bonds is 8. The molecule has 210 valence electrons. The minimum atomic E-state index is -0.364. The van der Waals surface area contributed by atoms with Gasteiger partial charge in [-0.15, -0.1) is 20.4 Å². The Morgan fingerprint density at radius 3 is 2.62 bits per heavy atom. The number of hydrogen-bond acceptors (Lipinski definition) is 9. The normalized spacial score (nSPS) is 21.6. The number of aromatic nitrogens is 6. The average molecular weight is 547 g/mol. The van der Waals surface area contributed by atoms with Gasteiger partial charge in [0.2, 0.25) is 0 Å². The van der Waals surface area contributed by atoms with Crippen molar-refractivity contribution in [2.75, 3.05) is 31.1 Å². The summed E-state index contributed by atoms with van der Waals surface area (Å²) in [5, 5.41) is 16.9. The van der Waals surface area contributed by atoms with E-state index in [9.17, 15) is 9.18 Å². The van der Waals surface area contributed by atoms with Crippen molar-refractivity contribution in [1.29, 1.82) is 0 Å². The molecular formula is C29H35FN8O2. The first-order chi connectivity index (χ1) is 19.3. The van der Waals surface area contributed by atoms with E-state index in [0.29, 0.717) is 58.5 Å². The Bertz CT molecular complexity index is 1440. The highest BCUT2D eigenvalue weighted by Crippen LogP contribution is 2.47. The van der Waals surface area contributed by atoms with E-state index in [1.54, 1.807) is 6.07 Å². The average Bonchev–Trinajstić information content (AvgIpc) is 3.52. The number of hydrogen-bond donors (Lipinski definition) is 0. The van der Waals surface area contributed by atoms with E-state index >= 15 is 0 Å². The number of likely N-dealkylation sites (tertiary alicyclic amines) is 1. The maximum Gasteiger partial charge on any atom is 0.282 e. The highest BCUT2D eigenvalue weighted by Gasteiger charge is 2.52. The summed E-state index contributed by atoms with van der Waals surface area (Å²) < 4.78 is 22.7. The lowest BCUT2D eigenvalue weighted by Gasteiger charge is -2.55. The van der Waals surface area contributed by atoms with Gasteiger partial charge in [-0.05, 0) is 50.2 Å². The van der Waals surface area contributed by atoms with Crippen LogP contribution in [-0.2, 0) is 4.79 Å². The van der Waals surface area contributed by atoms with Crippen LogP contribution in [0.15, 0.2) is 24.5 Å². The van der Waals surface area contributed by atoms with Crippen molar-refractivity contribution in [2.24, 2.45) is 17.3 Å². The molecule has 0 radical (unpaired) electrons. The van der Waals surface area contributed by atoms with Crippen LogP contribution < -0.4 is 9.64 Å². The fourth-order valence-corrected chi connectivity index (χ4v) is 7.11. The van der Waals surface area contributed by atoms with E-state index < -0.39 is 0 Å². The third-order valence-corrected chi connectivity index (χ3v) is 9.11. The van der Waals surface area contributed by atoms with Gasteiger partial charge in [0, 0.05) is 62.5 Å². The van der Waals surface area contributed by atoms with Crippen LogP contribution in [0.3, 0.4) is 0 Å². The molecule has 1 atom stereocenters. The molecule has 0 amide bonds. The van der Waals surface area contributed by atoms with Crippen molar-refractivity contribution in [3.05, 3.63) is 42.0 Å². The van der Waals surface area contributed by atoms with Gasteiger partial charge in [-0.3, -0.25) is 14.3 Å². The maximum absolute atomic E-state index is 14.5. The number of nitrogens with zero attached hydrogens (tertiary/aromatic N) is 8. The monoisotopic (exact) mass is 546 g/mol. The van der Waals surface area contributed by atoms with Crippen LogP contribution in [-0.4, -0.2) is 72.8 Å². The number of anilines is 1. The molecule has 2 aromatic heterocycles. The summed E-state index contributed by atoms with van der Waals surface area (Å²) in [6.07, 6.45) is 6.07. The Morgan fingerprint density at radius 1 is 1.10 bits per heavy atom. The number of aryl methyl sites for hydroxylation is 1. The van der Waals surface area contributed by atoms with Gasteiger partial charge in [-0.1, -0.05) is 13.8 Å². The van der Waals surface area contributed by atoms with E-state index in [4.69, 9.17) is 4.74 Å². The van der Waals surface area contributed by atoms with Crippen molar-refractivity contribution >= 4 is 11.6 Å². The first-order valence-corrected chi connectivity index (χ1v) is 14.4. The highest BCUT2D eigenvalue weighted by atomic mass is 19.1. The van der Waals surface area contributed by atoms with E-state index in [1.807, 2.05) is 11.5 Å². The smallest absolute Gasteiger partial charge is 0.282 e. The number of Topliss-reactive ketones (excluding diaryl/α,β-unsaturated/α-hetero) is 1. The van der Waals surface area contributed by atoms with Crippen LogP contribution in [0.2, 0.25) is 0 Å². The van der Waals surface area contributed by atoms with Crippen LogP contribution in [0.25, 0.3) is 5.69 Å². The standard InChI is InChI=1S/C29H35FN8O2/c1-17(2)25(20-10-22(39)11-20)37-14-29(15-37)8-9-36(13-29)27-28(35-32-16-31-27)40-24-7-6-21(30)12-23(24)38-18(3)33-34-26(38)19-4-5-19/h6-7,12,16-17,19-20,25H,4-5,8-11,13-15H2,1-3H3. The molecule has 1 spiro atoms. The largest absolute Gasteiger partial charge is 0.433 e. The molecule has 11 heteroatoms. The van der Waals surface area contributed by atoms with E-state index in [0.717, 1.165) is 64.1 Å². The van der Waals surface area contributed by atoms with E-state index in [-0.39, 0.29) is 11.2 Å². The van der Waals surface area contributed by atoms with E-state index in [1.165, 1.54) is 18.5 Å². The Morgan fingerprint density at radius 2 is 1.90 bits per heavy atom. The van der Waals surface area contributed by atoms with Gasteiger partial charge in [-0.25, -0.2) is 9.37 Å². The molecule has 3 aromatic rings. The molecular weight excluding hydrogens is 511 g/mol. The zero-order chi connectivity index (χ0) is 27.6. The topological polar surface area (TPSA) is 102 Å². The van der Waals surface area contributed by atoms with Crippen molar-refractivity contribution in [3.8, 4) is 17.3 Å². The van der Waals surface area contributed by atoms with Gasteiger partial charge in [0.1, 0.15) is 29.6 Å². The summed E-state index contributed by atoms with van der Waals surface area (Å²) in [5.41, 5.74) is 0.742. The third-order valence-electron chi connectivity index (χ3n) is 9.11. The predicted octanol–water partition coefficient (Wildman–Crippen LogP) is 4.09. The zero-order valence-corrected chi connectivity index (χ0v) is 23.3. The van der Waals surface area contributed by atoms with E-state index in [2.05, 4.69) is 49.0 Å². The van der Waals surface area contributed by atoms with Gasteiger partial charge in [0.15, 0.2) is 11.6 Å². The van der Waals surface area contributed by atoms with Crippen molar-refractivity contribution in [3.63, 3.8) is 0 Å². The van der Waals surface area contributed by atoms with Crippen LogP contribution in [0.1, 0.15) is 63.5 Å². The summed E-state index contributed by atoms with van der Waals surface area (Å²) in [5.74, 6) is 4.29. The molecule has 40 heavy (non-hydrogen) atoms. The molecule has 2 saturated heterocycles. The van der Waals surface area contributed by atoms with Gasteiger partial charge < -0.3 is 9.64 Å². The lowest BCUT2D eigenvalue weighted by molar-refractivity contribution is -0.133. The summed E-state index contributed by atoms with van der Waals surface area (Å²) >= 11 is 0. The van der Waals surface area contributed by atoms with Crippen LogP contribution in [0, 0.1) is 30.0 Å². The Hall–Kier alpha value is -3.47. The number of carbonyl (C=O) groups is 1. The van der Waals surface area contributed by atoms with Crippen molar-refractivity contribution < 1.29 is 13.9 Å². The molecule has 10 nitrogen and oxygen atoms in total. The molecule has 2 aliphatic heterocycles. The lowest BCUT2D eigenvalue weighted by atomic mass is 9.70. The molecule has 1 unspecified atom stereocenters. The molecule has 2 aliphatic carbocycles. The lowest BCUT2D eigenvalue weighted by Crippen LogP contribution is -2.64. The number of ether oxygens (including phenoxy) is 1. The molecule has 1 aromatic carbocycles. The molecule has 0 bridgehead atoms. The molecule has 7 rings (SSSR count). The molecule has 2 saturated carbocycles. The first-order valence-electron chi connectivity index (χ1n) is 14.4. The summed E-state index contributed by atoms with van der Waals surface area (Å²) in [7, 11) is 0. The quantitative estimate of drug-likeness (QED) is 0.413. The molecule has 0 N–H and O–H groups in total. The molecule has 4 heterocycles. The number of halogens is 1. The van der Waals surface area contributed by atoms with Gasteiger partial charge in [0.05, 0.1) is 5.69 Å². The maximum atomic E-state index is 14.5. The van der Waals surface area contributed by atoms with Gasteiger partial charge in [-0.2, -0.15) is 0 Å². The van der Waals surface area contributed by atoms with Crippen LogP contribution in [0.5, 0.6) is 11.6 Å². The number of benzene rings is 1. The number of ketones is 1. The number of carbonyl (C=O) groups excluding carboxylic acids is 1. The summed E-state index contributed by atoms with van der Waals surface area (Å²) in [4.78, 5) is 21.1. The fraction of sp³-hybridized carbons (Fsp3) is 0.586. The van der Waals surface area contributed by atoms with Crippen LogP contribution in [0.4, 0.5) is 10.2 Å². The van der Waals surface area contributed by atoms with Gasteiger partial charge in [0.25, 0.3) is 5.88 Å². The predicted molar refractivity (Wildman–Crippen MR) is 145 cm³/mol. The molecule has 4 fully saturated rings. The SMILES string of the molecule is Cc1nnc(C2CC2)n1-c1cc(F)ccc1Oc1nncnc1N1CCC2(C1)CN(C(C(C)C)C1CC(=O)C1)C2. The second-order valence-electron chi connectivity index (χ2n) is 12.5. The van der Waals surface area contributed by atoms with Gasteiger partial charge >= 0.3 is 0 Å². The third kappa shape index (κ3) is 4.44.